The molecule has 0 radical (unpaired) electrons. The standard InChI is InChI=1S/C22H20ClF3N2O3S/c1-3-30-13-28-14(2)20(23)21(32-28)27-19(29)12-15-4-8-17(9-5-15)31-18-10-6-16(7-11-18)22(24,25)26/h4-11H,3,12-13H2,1-2H3. The topological polar surface area (TPSA) is 52.8 Å². The molecule has 0 N–H and O–H groups in total. The van der Waals surface area contributed by atoms with Gasteiger partial charge in [-0.15, -0.1) is 0 Å². The van der Waals surface area contributed by atoms with Crippen molar-refractivity contribution in [2.45, 2.75) is 33.2 Å². The van der Waals surface area contributed by atoms with Gasteiger partial charge in [0, 0.05) is 12.3 Å². The summed E-state index contributed by atoms with van der Waals surface area (Å²) in [5.41, 5.74) is 0.749. The third-order valence-corrected chi connectivity index (χ3v) is 6.04. The van der Waals surface area contributed by atoms with Crippen LogP contribution in [-0.4, -0.2) is 16.5 Å². The first-order valence-corrected chi connectivity index (χ1v) is 10.8. The summed E-state index contributed by atoms with van der Waals surface area (Å²) in [6, 6.07) is 11.1. The molecule has 0 saturated heterocycles. The first kappa shape index (κ1) is 24.0. The van der Waals surface area contributed by atoms with Crippen LogP contribution in [0.1, 0.15) is 23.7 Å². The van der Waals surface area contributed by atoms with E-state index >= 15 is 0 Å². The summed E-state index contributed by atoms with van der Waals surface area (Å²) in [6.45, 7) is 4.62. The second kappa shape index (κ2) is 10.3. The number of ether oxygens (including phenoxy) is 2. The average Bonchev–Trinajstić information content (AvgIpc) is 3.01. The van der Waals surface area contributed by atoms with E-state index in [4.69, 9.17) is 21.1 Å². The van der Waals surface area contributed by atoms with Gasteiger partial charge in [0.05, 0.1) is 17.0 Å². The highest BCUT2D eigenvalue weighted by molar-refractivity contribution is 7.04. The first-order chi connectivity index (χ1) is 15.2. The molecular weight excluding hydrogens is 465 g/mol. The highest BCUT2D eigenvalue weighted by Gasteiger charge is 2.30. The van der Waals surface area contributed by atoms with Crippen LogP contribution in [0.5, 0.6) is 11.5 Å². The number of carbonyl (C=O) groups excluding carboxylic acids is 1. The summed E-state index contributed by atoms with van der Waals surface area (Å²) in [4.78, 5) is 16.5. The number of rotatable bonds is 7. The van der Waals surface area contributed by atoms with Crippen LogP contribution in [0.3, 0.4) is 0 Å². The van der Waals surface area contributed by atoms with Gasteiger partial charge in [-0.1, -0.05) is 23.7 Å². The van der Waals surface area contributed by atoms with Crippen molar-refractivity contribution in [2.75, 3.05) is 6.61 Å². The van der Waals surface area contributed by atoms with Gasteiger partial charge < -0.3 is 9.47 Å². The number of nitrogens with zero attached hydrogens (tertiary/aromatic N) is 2. The van der Waals surface area contributed by atoms with E-state index < -0.39 is 11.7 Å². The average molecular weight is 485 g/mol. The normalized spacial score (nSPS) is 12.2. The summed E-state index contributed by atoms with van der Waals surface area (Å²) in [5, 5.41) is 0.420. The van der Waals surface area contributed by atoms with E-state index in [0.29, 0.717) is 34.3 Å². The Bertz CT molecular complexity index is 1140. The number of amides is 1. The van der Waals surface area contributed by atoms with Gasteiger partial charge >= 0.3 is 6.18 Å². The Hall–Kier alpha value is -2.62. The quantitative estimate of drug-likeness (QED) is 0.414. The number of hydrogen-bond acceptors (Lipinski definition) is 4. The van der Waals surface area contributed by atoms with E-state index in [0.717, 1.165) is 17.8 Å². The molecule has 0 atom stereocenters. The molecule has 1 amide bonds. The van der Waals surface area contributed by atoms with Crippen molar-refractivity contribution in [1.82, 2.24) is 3.96 Å². The SMILES string of the molecule is CCOCn1sc(=NC(=O)Cc2ccc(Oc3ccc(C(F)(F)F)cc3)cc2)c(Cl)c1C. The van der Waals surface area contributed by atoms with E-state index in [2.05, 4.69) is 4.99 Å². The fraction of sp³-hybridized carbons (Fsp3) is 0.273. The minimum Gasteiger partial charge on any atom is -0.457 e. The predicted octanol–water partition coefficient (Wildman–Crippen LogP) is 5.99. The highest BCUT2D eigenvalue weighted by Crippen LogP contribution is 2.31. The molecule has 0 fully saturated rings. The van der Waals surface area contributed by atoms with Crippen molar-refractivity contribution >= 4 is 29.0 Å². The van der Waals surface area contributed by atoms with E-state index in [-0.39, 0.29) is 18.1 Å². The van der Waals surface area contributed by atoms with Gasteiger partial charge in [0.25, 0.3) is 5.91 Å². The molecule has 5 nitrogen and oxygen atoms in total. The summed E-state index contributed by atoms with van der Waals surface area (Å²) in [5.74, 6) is 0.361. The third kappa shape index (κ3) is 6.21. The summed E-state index contributed by atoms with van der Waals surface area (Å²) < 4.78 is 51.1. The van der Waals surface area contributed by atoms with Gasteiger partial charge in [0.1, 0.15) is 18.2 Å². The van der Waals surface area contributed by atoms with E-state index in [1.165, 1.54) is 23.7 Å². The van der Waals surface area contributed by atoms with Crippen LogP contribution in [0.4, 0.5) is 13.2 Å². The van der Waals surface area contributed by atoms with Gasteiger partial charge in [0.15, 0.2) is 4.67 Å². The minimum absolute atomic E-state index is 0.0687. The molecule has 0 spiro atoms. The third-order valence-electron chi connectivity index (χ3n) is 4.41. The van der Waals surface area contributed by atoms with Crippen LogP contribution in [0, 0.1) is 6.92 Å². The zero-order chi connectivity index (χ0) is 23.3. The van der Waals surface area contributed by atoms with Crippen molar-refractivity contribution < 1.29 is 27.4 Å². The summed E-state index contributed by atoms with van der Waals surface area (Å²) >= 11 is 7.53. The second-order valence-electron chi connectivity index (χ2n) is 6.75. The molecule has 1 aromatic heterocycles. The van der Waals surface area contributed by atoms with Crippen LogP contribution in [-0.2, 0) is 28.9 Å². The largest absolute Gasteiger partial charge is 0.457 e. The Morgan fingerprint density at radius 1 is 1.09 bits per heavy atom. The number of alkyl halides is 3. The number of aromatic nitrogens is 1. The van der Waals surface area contributed by atoms with E-state index in [1.807, 2.05) is 17.8 Å². The molecular formula is C22H20ClF3N2O3S. The fourth-order valence-electron chi connectivity index (χ4n) is 2.69. The monoisotopic (exact) mass is 484 g/mol. The fourth-order valence-corrected chi connectivity index (χ4v) is 3.93. The molecule has 0 aliphatic carbocycles. The maximum absolute atomic E-state index is 12.6. The Labute approximate surface area is 191 Å². The van der Waals surface area contributed by atoms with Crippen LogP contribution in [0.2, 0.25) is 5.02 Å². The zero-order valence-corrected chi connectivity index (χ0v) is 18.9. The van der Waals surface area contributed by atoms with Crippen molar-refractivity contribution in [3.63, 3.8) is 0 Å². The molecule has 170 valence electrons. The molecule has 3 rings (SSSR count). The van der Waals surface area contributed by atoms with Crippen LogP contribution < -0.4 is 9.41 Å². The smallest absolute Gasteiger partial charge is 0.416 e. The van der Waals surface area contributed by atoms with Gasteiger partial charge in [-0.3, -0.25) is 8.75 Å². The van der Waals surface area contributed by atoms with Gasteiger partial charge in [-0.05, 0) is 67.3 Å². The van der Waals surface area contributed by atoms with Crippen LogP contribution in [0.25, 0.3) is 0 Å². The molecule has 10 heteroatoms. The Morgan fingerprint density at radius 2 is 1.69 bits per heavy atom. The minimum atomic E-state index is -4.40. The van der Waals surface area contributed by atoms with Gasteiger partial charge in [-0.2, -0.15) is 18.2 Å². The lowest BCUT2D eigenvalue weighted by Gasteiger charge is -2.09. The van der Waals surface area contributed by atoms with Crippen molar-refractivity contribution in [1.29, 1.82) is 0 Å². The first-order valence-electron chi connectivity index (χ1n) is 9.63. The van der Waals surface area contributed by atoms with Gasteiger partial charge in [0.2, 0.25) is 0 Å². The number of benzene rings is 2. The second-order valence-corrected chi connectivity index (χ2v) is 8.13. The molecule has 0 saturated carbocycles. The predicted molar refractivity (Wildman–Crippen MR) is 116 cm³/mol. The number of halogens is 4. The molecule has 0 aliphatic rings. The lowest BCUT2D eigenvalue weighted by atomic mass is 10.1. The Balaban J connectivity index is 1.64. The number of hydrogen-bond donors (Lipinski definition) is 0. The van der Waals surface area contributed by atoms with Crippen LogP contribution >= 0.6 is 23.1 Å². The van der Waals surface area contributed by atoms with E-state index in [1.54, 1.807) is 24.3 Å². The molecule has 0 bridgehead atoms. The molecule has 0 unspecified atom stereocenters. The van der Waals surface area contributed by atoms with Crippen LogP contribution in [0.15, 0.2) is 53.5 Å². The van der Waals surface area contributed by atoms with Crippen molar-refractivity contribution in [2.24, 2.45) is 4.99 Å². The van der Waals surface area contributed by atoms with Gasteiger partial charge in [-0.25, -0.2) is 0 Å². The van der Waals surface area contributed by atoms with Crippen molar-refractivity contribution in [3.8, 4) is 11.5 Å². The maximum Gasteiger partial charge on any atom is 0.416 e. The van der Waals surface area contributed by atoms with Crippen molar-refractivity contribution in [3.05, 3.63) is 75.0 Å². The summed E-state index contributed by atoms with van der Waals surface area (Å²) in [7, 11) is 0. The maximum atomic E-state index is 12.6. The number of carbonyl (C=O) groups is 1. The molecule has 0 aliphatic heterocycles. The Kier molecular flexibility index (Phi) is 7.76. The lowest BCUT2D eigenvalue weighted by Crippen LogP contribution is -2.06. The molecule has 32 heavy (non-hydrogen) atoms. The zero-order valence-electron chi connectivity index (χ0n) is 17.3. The lowest BCUT2D eigenvalue weighted by molar-refractivity contribution is -0.137. The molecule has 3 aromatic rings. The Morgan fingerprint density at radius 3 is 2.25 bits per heavy atom. The highest BCUT2D eigenvalue weighted by atomic mass is 35.5. The summed E-state index contributed by atoms with van der Waals surface area (Å²) in [6.07, 6.45) is -4.33. The van der Waals surface area contributed by atoms with E-state index in [9.17, 15) is 18.0 Å². The molecule has 2 aromatic carbocycles. The molecule has 1 heterocycles.